The molecule has 2 heteroatoms. The molecular formula is C24H53HfO-3. The van der Waals surface area contributed by atoms with Crippen molar-refractivity contribution in [2.75, 3.05) is 0 Å². The molecule has 0 saturated carbocycles. The Kier molecular flexibility index (Phi) is 64.9. The molecule has 0 aliphatic heterocycles. The van der Waals surface area contributed by atoms with E-state index in [1.54, 1.807) is 0 Å². The first-order valence-corrected chi connectivity index (χ1v) is 11.1. The summed E-state index contributed by atoms with van der Waals surface area (Å²) >= 11 is 0. The number of hydrogen-bond acceptors (Lipinski definition) is 0. The molecule has 0 amide bonds. The van der Waals surface area contributed by atoms with E-state index in [9.17, 15) is 0 Å². The molecule has 0 aromatic heterocycles. The monoisotopic (exact) mass is 537 g/mol. The van der Waals surface area contributed by atoms with Crippen LogP contribution < -0.4 is 0 Å². The van der Waals surface area contributed by atoms with Gasteiger partial charge in [-0.25, -0.2) is 0 Å². The van der Waals surface area contributed by atoms with Crippen LogP contribution in [0.4, 0.5) is 0 Å². The van der Waals surface area contributed by atoms with Crippen molar-refractivity contribution in [1.82, 2.24) is 0 Å². The minimum absolute atomic E-state index is 0. The van der Waals surface area contributed by atoms with Crippen molar-refractivity contribution in [3.05, 3.63) is 20.8 Å². The average Bonchev–Trinajstić information content (AvgIpc) is 2.61. The fraction of sp³-hybridized carbons (Fsp3) is 0.875. The molecule has 0 aromatic rings. The van der Waals surface area contributed by atoms with Crippen LogP contribution in [0.1, 0.15) is 136 Å². The van der Waals surface area contributed by atoms with Gasteiger partial charge in [0.05, 0.1) is 0 Å². The molecule has 0 aromatic carbocycles. The molecule has 0 fully saturated rings. The Hall–Kier alpha value is 0.830. The fourth-order valence-electron chi connectivity index (χ4n) is 2.34. The summed E-state index contributed by atoms with van der Waals surface area (Å²) < 4.78 is 0. The molecule has 1 nitrogen and oxygen atoms in total. The molecule has 162 valence electrons. The van der Waals surface area contributed by atoms with Crippen LogP contribution in [0.5, 0.6) is 0 Å². The van der Waals surface area contributed by atoms with Crippen LogP contribution in [0.3, 0.4) is 0 Å². The first kappa shape index (κ1) is 37.6. The van der Waals surface area contributed by atoms with E-state index in [0.29, 0.717) is 0 Å². The van der Waals surface area contributed by atoms with Crippen LogP contribution in [0.15, 0.2) is 0 Å². The zero-order chi connectivity index (χ0) is 18.7. The summed E-state index contributed by atoms with van der Waals surface area (Å²) in [6, 6.07) is 0. The Bertz CT molecular complexity index is 116. The van der Waals surface area contributed by atoms with Gasteiger partial charge in [0.25, 0.3) is 0 Å². The molecule has 0 saturated heterocycles. The molecule has 0 radical (unpaired) electrons. The van der Waals surface area contributed by atoms with Crippen molar-refractivity contribution >= 4 is 0 Å². The topological polar surface area (TPSA) is 31.5 Å². The summed E-state index contributed by atoms with van der Waals surface area (Å²) in [7, 11) is 0. The maximum absolute atomic E-state index is 3.78. The van der Waals surface area contributed by atoms with E-state index < -0.39 is 0 Å². The standard InChI is InChI=1S/3C8H17.Hf.H2O/c3*1-3-5-7-8-6-4-2;;/h3*1,3-8H2,2H3;;1H2/q3*-1;;. The molecule has 0 atom stereocenters. The Labute approximate surface area is 188 Å². The van der Waals surface area contributed by atoms with Gasteiger partial charge < -0.3 is 26.2 Å². The van der Waals surface area contributed by atoms with Crippen LogP contribution in [0.2, 0.25) is 0 Å². The quantitative estimate of drug-likeness (QED) is 0.114. The number of rotatable bonds is 15. The molecule has 2 N–H and O–H groups in total. The van der Waals surface area contributed by atoms with Crippen molar-refractivity contribution in [2.45, 2.75) is 136 Å². The van der Waals surface area contributed by atoms with Crippen molar-refractivity contribution < 1.29 is 31.3 Å². The van der Waals surface area contributed by atoms with Gasteiger partial charge in [0.1, 0.15) is 0 Å². The van der Waals surface area contributed by atoms with Crippen molar-refractivity contribution in [2.24, 2.45) is 0 Å². The van der Waals surface area contributed by atoms with Crippen LogP contribution in [-0.2, 0) is 25.8 Å². The van der Waals surface area contributed by atoms with Crippen molar-refractivity contribution in [1.29, 1.82) is 0 Å². The second-order valence-electron chi connectivity index (χ2n) is 6.80. The summed E-state index contributed by atoms with van der Waals surface area (Å²) in [5.74, 6) is 0. The van der Waals surface area contributed by atoms with Crippen molar-refractivity contribution in [3.8, 4) is 0 Å². The Balaban J connectivity index is -0.0000000817. The number of hydrogen-bond donors (Lipinski definition) is 0. The van der Waals surface area contributed by atoms with Gasteiger partial charge in [-0.15, -0.1) is 0 Å². The molecule has 0 unspecified atom stereocenters. The summed E-state index contributed by atoms with van der Waals surface area (Å²) in [5, 5.41) is 0. The fourth-order valence-corrected chi connectivity index (χ4v) is 2.34. The minimum Gasteiger partial charge on any atom is -0.412 e. The van der Waals surface area contributed by atoms with Crippen molar-refractivity contribution in [3.63, 3.8) is 0 Å². The molecule has 0 aliphatic carbocycles. The van der Waals surface area contributed by atoms with Gasteiger partial charge in [0.15, 0.2) is 0 Å². The van der Waals surface area contributed by atoms with E-state index in [4.69, 9.17) is 0 Å². The second kappa shape index (κ2) is 44.9. The number of unbranched alkanes of at least 4 members (excludes halogenated alkanes) is 15. The van der Waals surface area contributed by atoms with E-state index in [2.05, 4.69) is 41.5 Å². The van der Waals surface area contributed by atoms with E-state index in [0.717, 1.165) is 19.3 Å². The van der Waals surface area contributed by atoms with Crippen LogP contribution >= 0.6 is 0 Å². The average molecular weight is 536 g/mol. The van der Waals surface area contributed by atoms with E-state index in [1.807, 2.05) is 0 Å². The van der Waals surface area contributed by atoms with Crippen LogP contribution in [-0.4, -0.2) is 5.48 Å². The Morgan fingerprint density at radius 3 is 0.731 bits per heavy atom. The van der Waals surface area contributed by atoms with Gasteiger partial charge in [-0.05, 0) is 0 Å². The maximum atomic E-state index is 3.78. The zero-order valence-electron chi connectivity index (χ0n) is 18.8. The van der Waals surface area contributed by atoms with E-state index in [-0.39, 0.29) is 31.3 Å². The van der Waals surface area contributed by atoms with E-state index >= 15 is 0 Å². The van der Waals surface area contributed by atoms with Gasteiger partial charge in [0, 0.05) is 25.8 Å². The maximum Gasteiger partial charge on any atom is 0 e. The molecule has 0 heterocycles. The summed E-state index contributed by atoms with van der Waals surface area (Å²) in [6.07, 6.45) is 23.9. The normalized spacial score (nSPS) is 9.00. The molecular weight excluding hydrogens is 483 g/mol. The largest absolute Gasteiger partial charge is 0.412 e. The summed E-state index contributed by atoms with van der Waals surface area (Å²) in [4.78, 5) is 0. The van der Waals surface area contributed by atoms with E-state index in [1.165, 1.54) is 96.3 Å². The van der Waals surface area contributed by atoms with Gasteiger partial charge in [0.2, 0.25) is 0 Å². The van der Waals surface area contributed by atoms with Gasteiger partial charge in [-0.2, -0.15) is 19.3 Å². The summed E-state index contributed by atoms with van der Waals surface area (Å²) in [6.45, 7) is 18.1. The van der Waals surface area contributed by atoms with Crippen LogP contribution in [0, 0.1) is 20.8 Å². The SMILES string of the molecule is O.[CH2-]CCCCCCC.[CH2-]CCCCCCC.[CH2-]CCCCCCC.[Hf]. The Morgan fingerprint density at radius 1 is 0.385 bits per heavy atom. The molecule has 0 spiro atoms. The first-order chi connectivity index (χ1) is 11.7. The molecule has 26 heavy (non-hydrogen) atoms. The van der Waals surface area contributed by atoms with Gasteiger partial charge >= 0.3 is 0 Å². The third kappa shape index (κ3) is 56.3. The minimum atomic E-state index is 0. The predicted octanol–water partition coefficient (Wildman–Crippen LogP) is 8.72. The molecule has 0 aliphatic rings. The van der Waals surface area contributed by atoms with Crippen LogP contribution in [0.25, 0.3) is 0 Å². The summed E-state index contributed by atoms with van der Waals surface area (Å²) in [5.41, 5.74) is 0. The third-order valence-electron chi connectivity index (χ3n) is 4.06. The van der Waals surface area contributed by atoms with Gasteiger partial charge in [-0.1, -0.05) is 117 Å². The first-order valence-electron chi connectivity index (χ1n) is 11.1. The van der Waals surface area contributed by atoms with Gasteiger partial charge in [-0.3, -0.25) is 0 Å². The molecule has 0 bridgehead atoms. The molecule has 0 rings (SSSR count). The predicted molar refractivity (Wildman–Crippen MR) is 120 cm³/mol. The Morgan fingerprint density at radius 2 is 0.577 bits per heavy atom. The zero-order valence-corrected chi connectivity index (χ0v) is 22.4. The smallest absolute Gasteiger partial charge is 0 e. The second-order valence-corrected chi connectivity index (χ2v) is 6.80. The third-order valence-corrected chi connectivity index (χ3v) is 4.06.